The standard InChI is InChI=1S/C10H16ClN3S2/c1-14-9(11)5-13-10(14)6-12-4-8-7-15-2-3-16-8/h5,8,12H,2-4,6-7H2,1H3. The molecule has 0 spiro atoms. The average molecular weight is 278 g/mol. The topological polar surface area (TPSA) is 29.9 Å². The number of halogens is 1. The molecule has 1 aromatic heterocycles. The first kappa shape index (κ1) is 12.6. The van der Waals surface area contributed by atoms with Gasteiger partial charge in [0.1, 0.15) is 11.0 Å². The second kappa shape index (κ2) is 6.19. The predicted molar refractivity (Wildman–Crippen MR) is 73.5 cm³/mol. The van der Waals surface area contributed by atoms with Crippen molar-refractivity contribution >= 4 is 35.1 Å². The van der Waals surface area contributed by atoms with E-state index in [4.69, 9.17) is 11.6 Å². The largest absolute Gasteiger partial charge is 0.321 e. The maximum Gasteiger partial charge on any atom is 0.128 e. The van der Waals surface area contributed by atoms with Gasteiger partial charge in [-0.1, -0.05) is 11.6 Å². The Labute approximate surface area is 110 Å². The Hall–Kier alpha value is 0.160. The number of rotatable bonds is 4. The lowest BCUT2D eigenvalue weighted by molar-refractivity contribution is 0.638. The lowest BCUT2D eigenvalue weighted by Gasteiger charge is -2.21. The third-order valence-electron chi connectivity index (χ3n) is 2.57. The zero-order valence-corrected chi connectivity index (χ0v) is 11.7. The molecule has 1 unspecified atom stereocenters. The average Bonchev–Trinajstić information content (AvgIpc) is 2.62. The number of nitrogens with one attached hydrogen (secondary N) is 1. The maximum atomic E-state index is 5.92. The van der Waals surface area contributed by atoms with Crippen LogP contribution in [0.1, 0.15) is 5.82 Å². The molecule has 90 valence electrons. The smallest absolute Gasteiger partial charge is 0.128 e. The van der Waals surface area contributed by atoms with Crippen molar-refractivity contribution in [1.29, 1.82) is 0 Å². The fourth-order valence-electron chi connectivity index (χ4n) is 1.59. The summed E-state index contributed by atoms with van der Waals surface area (Å²) in [4.78, 5) is 4.25. The zero-order chi connectivity index (χ0) is 11.4. The Morgan fingerprint density at radius 1 is 1.62 bits per heavy atom. The van der Waals surface area contributed by atoms with E-state index in [2.05, 4.69) is 33.8 Å². The van der Waals surface area contributed by atoms with Crippen molar-refractivity contribution in [2.75, 3.05) is 23.8 Å². The monoisotopic (exact) mass is 277 g/mol. The minimum atomic E-state index is 0.694. The Morgan fingerprint density at radius 2 is 2.50 bits per heavy atom. The normalized spacial score (nSPS) is 21.2. The van der Waals surface area contributed by atoms with Crippen LogP contribution in [0.25, 0.3) is 0 Å². The summed E-state index contributed by atoms with van der Waals surface area (Å²) in [6, 6.07) is 0. The van der Waals surface area contributed by atoms with E-state index in [1.165, 1.54) is 17.3 Å². The second-order valence-electron chi connectivity index (χ2n) is 3.75. The molecule has 1 aliphatic heterocycles. The molecule has 0 aliphatic carbocycles. The molecule has 1 aromatic rings. The number of aromatic nitrogens is 2. The quantitative estimate of drug-likeness (QED) is 0.912. The van der Waals surface area contributed by atoms with Crippen molar-refractivity contribution in [2.45, 2.75) is 11.8 Å². The van der Waals surface area contributed by atoms with Crippen molar-refractivity contribution in [1.82, 2.24) is 14.9 Å². The van der Waals surface area contributed by atoms with Crippen LogP contribution in [-0.2, 0) is 13.6 Å². The third-order valence-corrected chi connectivity index (χ3v) is 5.76. The molecule has 2 rings (SSSR count). The highest BCUT2D eigenvalue weighted by molar-refractivity contribution is 8.06. The molecule has 0 bridgehead atoms. The summed E-state index contributed by atoms with van der Waals surface area (Å²) in [5, 5.41) is 4.89. The first-order chi connectivity index (χ1) is 7.77. The summed E-state index contributed by atoms with van der Waals surface area (Å²) >= 11 is 10.0. The van der Waals surface area contributed by atoms with Crippen LogP contribution >= 0.6 is 35.1 Å². The van der Waals surface area contributed by atoms with Gasteiger partial charge in [-0.25, -0.2) is 4.98 Å². The van der Waals surface area contributed by atoms with Gasteiger partial charge in [0.05, 0.1) is 12.7 Å². The summed E-state index contributed by atoms with van der Waals surface area (Å²) in [7, 11) is 1.94. The molecule has 1 aliphatic rings. The molecular formula is C10H16ClN3S2. The molecular weight excluding hydrogens is 262 g/mol. The van der Waals surface area contributed by atoms with Crippen LogP contribution in [0.15, 0.2) is 6.20 Å². The van der Waals surface area contributed by atoms with Crippen molar-refractivity contribution in [3.8, 4) is 0 Å². The molecule has 1 atom stereocenters. The zero-order valence-electron chi connectivity index (χ0n) is 9.28. The van der Waals surface area contributed by atoms with Crippen molar-refractivity contribution in [2.24, 2.45) is 7.05 Å². The van der Waals surface area contributed by atoms with E-state index in [0.29, 0.717) is 5.15 Å². The van der Waals surface area contributed by atoms with E-state index < -0.39 is 0 Å². The molecule has 1 fully saturated rings. The molecule has 2 heterocycles. The summed E-state index contributed by atoms with van der Waals surface area (Å²) in [6.07, 6.45) is 1.70. The van der Waals surface area contributed by atoms with Crippen molar-refractivity contribution in [3.63, 3.8) is 0 Å². The van der Waals surface area contributed by atoms with Crippen LogP contribution in [-0.4, -0.2) is 38.6 Å². The van der Waals surface area contributed by atoms with Crippen LogP contribution in [0.2, 0.25) is 5.15 Å². The Kier molecular flexibility index (Phi) is 4.88. The molecule has 6 heteroatoms. The molecule has 0 amide bonds. The van der Waals surface area contributed by atoms with Crippen LogP contribution < -0.4 is 5.32 Å². The Morgan fingerprint density at radius 3 is 3.12 bits per heavy atom. The van der Waals surface area contributed by atoms with Gasteiger partial charge >= 0.3 is 0 Å². The Bertz CT molecular complexity index is 337. The minimum Gasteiger partial charge on any atom is -0.321 e. The second-order valence-corrected chi connectivity index (χ2v) is 6.70. The van der Waals surface area contributed by atoms with Gasteiger partial charge in [-0.15, -0.1) is 0 Å². The molecule has 0 saturated carbocycles. The molecule has 0 radical (unpaired) electrons. The van der Waals surface area contributed by atoms with Gasteiger partial charge in [0.15, 0.2) is 0 Å². The van der Waals surface area contributed by atoms with Gasteiger partial charge in [0, 0.05) is 36.1 Å². The number of hydrogen-bond donors (Lipinski definition) is 1. The predicted octanol–water partition coefficient (Wildman–Crippen LogP) is 2.01. The SMILES string of the molecule is Cn1c(Cl)cnc1CNCC1CSCCS1. The number of nitrogens with zero attached hydrogens (tertiary/aromatic N) is 2. The summed E-state index contributed by atoms with van der Waals surface area (Å²) < 4.78 is 1.91. The van der Waals surface area contributed by atoms with Crippen LogP contribution in [0, 0.1) is 0 Å². The van der Waals surface area contributed by atoms with E-state index in [-0.39, 0.29) is 0 Å². The van der Waals surface area contributed by atoms with Gasteiger partial charge in [0.2, 0.25) is 0 Å². The third kappa shape index (κ3) is 3.32. The summed E-state index contributed by atoms with van der Waals surface area (Å²) in [5.74, 6) is 4.85. The van der Waals surface area contributed by atoms with Crippen molar-refractivity contribution in [3.05, 3.63) is 17.2 Å². The highest BCUT2D eigenvalue weighted by Gasteiger charge is 2.14. The number of imidazole rings is 1. The number of thioether (sulfide) groups is 2. The highest BCUT2D eigenvalue weighted by atomic mass is 35.5. The van der Waals surface area contributed by atoms with Gasteiger partial charge in [-0.05, 0) is 0 Å². The van der Waals surface area contributed by atoms with E-state index in [1.807, 2.05) is 11.6 Å². The van der Waals surface area contributed by atoms with E-state index in [9.17, 15) is 0 Å². The maximum absolute atomic E-state index is 5.92. The molecule has 1 saturated heterocycles. The molecule has 0 aromatic carbocycles. The lowest BCUT2D eigenvalue weighted by Crippen LogP contribution is -2.29. The van der Waals surface area contributed by atoms with Crippen LogP contribution in [0.4, 0.5) is 0 Å². The summed E-state index contributed by atoms with van der Waals surface area (Å²) in [6.45, 7) is 1.85. The lowest BCUT2D eigenvalue weighted by atomic mass is 10.4. The summed E-state index contributed by atoms with van der Waals surface area (Å²) in [5.41, 5.74) is 0. The van der Waals surface area contributed by atoms with E-state index in [1.54, 1.807) is 6.20 Å². The van der Waals surface area contributed by atoms with Gasteiger partial charge in [0.25, 0.3) is 0 Å². The first-order valence-electron chi connectivity index (χ1n) is 5.33. The fraction of sp³-hybridized carbons (Fsp3) is 0.700. The van der Waals surface area contributed by atoms with Gasteiger partial charge in [-0.3, -0.25) is 0 Å². The molecule has 3 nitrogen and oxygen atoms in total. The highest BCUT2D eigenvalue weighted by Crippen LogP contribution is 2.23. The van der Waals surface area contributed by atoms with Gasteiger partial charge in [-0.2, -0.15) is 23.5 Å². The minimum absolute atomic E-state index is 0.694. The van der Waals surface area contributed by atoms with Crippen LogP contribution in [0.5, 0.6) is 0 Å². The van der Waals surface area contributed by atoms with E-state index >= 15 is 0 Å². The van der Waals surface area contributed by atoms with Gasteiger partial charge < -0.3 is 9.88 Å². The van der Waals surface area contributed by atoms with Crippen molar-refractivity contribution < 1.29 is 0 Å². The van der Waals surface area contributed by atoms with E-state index in [0.717, 1.165) is 24.2 Å². The first-order valence-corrected chi connectivity index (χ1v) is 7.91. The fourth-order valence-corrected chi connectivity index (χ4v) is 4.38. The number of hydrogen-bond acceptors (Lipinski definition) is 4. The Balaban J connectivity index is 1.73. The van der Waals surface area contributed by atoms with Crippen LogP contribution in [0.3, 0.4) is 0 Å². The molecule has 16 heavy (non-hydrogen) atoms. The molecule has 1 N–H and O–H groups in total.